The van der Waals surface area contributed by atoms with Gasteiger partial charge in [-0.3, -0.25) is 4.79 Å². The summed E-state index contributed by atoms with van der Waals surface area (Å²) in [6, 6.07) is 24.0. The van der Waals surface area contributed by atoms with Gasteiger partial charge < -0.3 is 19.5 Å². The molecule has 4 aromatic rings. The molecule has 7 nitrogen and oxygen atoms in total. The Labute approximate surface area is 192 Å². The van der Waals surface area contributed by atoms with Crippen LogP contribution in [0.5, 0.6) is 5.75 Å². The molecule has 0 unspecified atom stereocenters. The number of rotatable bonds is 7. The highest BCUT2D eigenvalue weighted by atomic mass is 16.5. The van der Waals surface area contributed by atoms with Crippen LogP contribution in [-0.4, -0.2) is 27.1 Å². The van der Waals surface area contributed by atoms with Gasteiger partial charge in [-0.2, -0.15) is 0 Å². The first-order valence-corrected chi connectivity index (χ1v) is 10.8. The molecule has 0 aliphatic heterocycles. The lowest BCUT2D eigenvalue weighted by atomic mass is 10.2. The van der Waals surface area contributed by atoms with Crippen LogP contribution in [0.2, 0.25) is 0 Å². The number of para-hydroxylation sites is 4. The number of amides is 2. The normalized spacial score (nSPS) is 10.7. The lowest BCUT2D eigenvalue weighted by Crippen LogP contribution is -2.37. The fraction of sp³-hybridized carbons (Fsp3) is 0.192. The van der Waals surface area contributed by atoms with Crippen LogP contribution in [0.25, 0.3) is 11.0 Å². The van der Waals surface area contributed by atoms with E-state index >= 15 is 0 Å². The van der Waals surface area contributed by atoms with Gasteiger partial charge in [0.1, 0.15) is 11.4 Å². The van der Waals surface area contributed by atoms with Gasteiger partial charge >= 0.3 is 6.03 Å². The zero-order chi connectivity index (χ0) is 23.2. The van der Waals surface area contributed by atoms with Crippen LogP contribution in [0.1, 0.15) is 18.2 Å². The minimum Gasteiger partial charge on any atom is -0.492 e. The van der Waals surface area contributed by atoms with E-state index in [1.807, 2.05) is 73.7 Å². The molecule has 1 N–H and O–H groups in total. The van der Waals surface area contributed by atoms with Crippen molar-refractivity contribution in [1.29, 1.82) is 0 Å². The highest BCUT2D eigenvalue weighted by Crippen LogP contribution is 2.24. The summed E-state index contributed by atoms with van der Waals surface area (Å²) in [6.45, 7) is 2.76. The third kappa shape index (κ3) is 5.03. The molecule has 1 aromatic heterocycles. The summed E-state index contributed by atoms with van der Waals surface area (Å²) in [4.78, 5) is 32.5. The summed E-state index contributed by atoms with van der Waals surface area (Å²) in [5.74, 6) is 0.591. The summed E-state index contributed by atoms with van der Waals surface area (Å²) in [7, 11) is 1.72. The Morgan fingerprint density at radius 3 is 2.45 bits per heavy atom. The van der Waals surface area contributed by atoms with E-state index in [0.29, 0.717) is 35.8 Å². The lowest BCUT2D eigenvalue weighted by Gasteiger charge is -2.24. The zero-order valence-corrected chi connectivity index (χ0v) is 18.7. The van der Waals surface area contributed by atoms with Crippen molar-refractivity contribution in [2.24, 2.45) is 7.05 Å². The Hall–Kier alpha value is -4.13. The molecule has 0 saturated carbocycles. The molecule has 0 fully saturated rings. The van der Waals surface area contributed by atoms with Crippen molar-refractivity contribution >= 4 is 22.8 Å². The molecule has 33 heavy (non-hydrogen) atoms. The first-order valence-electron chi connectivity index (χ1n) is 10.8. The number of hydrogen-bond acceptors (Lipinski definition) is 4. The molecule has 7 heteroatoms. The van der Waals surface area contributed by atoms with E-state index in [9.17, 15) is 9.59 Å². The molecule has 1 heterocycles. The van der Waals surface area contributed by atoms with Gasteiger partial charge in [0, 0.05) is 13.6 Å². The first kappa shape index (κ1) is 22.1. The zero-order valence-electron chi connectivity index (χ0n) is 18.7. The van der Waals surface area contributed by atoms with Crippen molar-refractivity contribution in [3.63, 3.8) is 0 Å². The number of nitrogens with one attached hydrogen (secondary N) is 1. The van der Waals surface area contributed by atoms with Crippen molar-refractivity contribution in [2.75, 3.05) is 11.9 Å². The number of urea groups is 1. The van der Waals surface area contributed by atoms with Gasteiger partial charge in [-0.25, -0.2) is 9.78 Å². The average molecular weight is 443 g/mol. The standard InChI is InChI=1S/C26H26N4O3/c1-3-33-24-16-10-8-14-21(24)28-26(32)30(17-19-11-5-4-6-12-19)18-22-25(31)29(2)23-15-9-7-13-20(23)27-22/h4-16H,3,17-18H2,1-2H3,(H,28,32). The van der Waals surface area contributed by atoms with Gasteiger partial charge in [-0.1, -0.05) is 54.6 Å². The Kier molecular flexibility index (Phi) is 6.69. The summed E-state index contributed by atoms with van der Waals surface area (Å²) in [5.41, 5.74) is 3.05. The van der Waals surface area contributed by atoms with Crippen LogP contribution in [0.15, 0.2) is 83.7 Å². The van der Waals surface area contributed by atoms with Gasteiger partial charge in [-0.15, -0.1) is 0 Å². The number of fused-ring (bicyclic) bond motifs is 1. The van der Waals surface area contributed by atoms with E-state index in [-0.39, 0.29) is 18.1 Å². The van der Waals surface area contributed by atoms with E-state index in [1.165, 1.54) is 0 Å². The quantitative estimate of drug-likeness (QED) is 0.455. The van der Waals surface area contributed by atoms with Gasteiger partial charge in [0.25, 0.3) is 5.56 Å². The molecule has 0 radical (unpaired) electrons. The summed E-state index contributed by atoms with van der Waals surface area (Å²) in [5, 5.41) is 2.93. The topological polar surface area (TPSA) is 76.5 Å². The third-order valence-corrected chi connectivity index (χ3v) is 5.32. The average Bonchev–Trinajstić information content (AvgIpc) is 2.84. The van der Waals surface area contributed by atoms with Crippen molar-refractivity contribution in [3.8, 4) is 5.75 Å². The SMILES string of the molecule is CCOc1ccccc1NC(=O)N(Cc1ccccc1)Cc1nc2ccccc2n(C)c1=O. The number of carbonyl (C=O) groups excluding carboxylic acids is 1. The molecule has 0 bridgehead atoms. The maximum Gasteiger partial charge on any atom is 0.322 e. The van der Waals surface area contributed by atoms with E-state index < -0.39 is 0 Å². The third-order valence-electron chi connectivity index (χ3n) is 5.32. The predicted molar refractivity (Wildman–Crippen MR) is 129 cm³/mol. The second-order valence-corrected chi connectivity index (χ2v) is 7.61. The van der Waals surface area contributed by atoms with Crippen molar-refractivity contribution in [3.05, 3.63) is 100 Å². The van der Waals surface area contributed by atoms with Crippen LogP contribution in [0.3, 0.4) is 0 Å². The van der Waals surface area contributed by atoms with Crippen LogP contribution in [-0.2, 0) is 20.1 Å². The number of aromatic nitrogens is 2. The number of carbonyl (C=O) groups is 1. The molecule has 4 rings (SSSR count). The minimum absolute atomic E-state index is 0.0645. The molecule has 2 amide bonds. The minimum atomic E-state index is -0.344. The van der Waals surface area contributed by atoms with Gasteiger partial charge in [0.2, 0.25) is 0 Å². The first-order chi connectivity index (χ1) is 16.1. The van der Waals surface area contributed by atoms with Gasteiger partial charge in [0.15, 0.2) is 0 Å². The number of ether oxygens (including phenoxy) is 1. The Bertz CT molecular complexity index is 1320. The lowest BCUT2D eigenvalue weighted by molar-refractivity contribution is 0.205. The second-order valence-electron chi connectivity index (χ2n) is 7.61. The van der Waals surface area contributed by atoms with E-state index in [4.69, 9.17) is 4.74 Å². The van der Waals surface area contributed by atoms with Gasteiger partial charge in [0.05, 0.1) is 29.9 Å². The Morgan fingerprint density at radius 1 is 0.970 bits per heavy atom. The molecule has 0 spiro atoms. The van der Waals surface area contributed by atoms with Crippen molar-refractivity contribution in [1.82, 2.24) is 14.5 Å². The maximum absolute atomic E-state index is 13.4. The predicted octanol–water partition coefficient (Wildman–Crippen LogP) is 4.57. The molecule has 168 valence electrons. The van der Waals surface area contributed by atoms with Crippen LogP contribution in [0.4, 0.5) is 10.5 Å². The Morgan fingerprint density at radius 2 is 1.67 bits per heavy atom. The highest BCUT2D eigenvalue weighted by Gasteiger charge is 2.20. The summed E-state index contributed by atoms with van der Waals surface area (Å²) in [6.07, 6.45) is 0. The van der Waals surface area contributed by atoms with Gasteiger partial charge in [-0.05, 0) is 36.8 Å². The summed E-state index contributed by atoms with van der Waals surface area (Å²) < 4.78 is 7.21. The van der Waals surface area contributed by atoms with Crippen LogP contribution in [0, 0.1) is 0 Å². The monoisotopic (exact) mass is 442 g/mol. The number of hydrogen-bond donors (Lipinski definition) is 1. The molecule has 0 aliphatic rings. The van der Waals surface area contributed by atoms with Crippen molar-refractivity contribution < 1.29 is 9.53 Å². The van der Waals surface area contributed by atoms with Crippen molar-refractivity contribution in [2.45, 2.75) is 20.0 Å². The molecule has 0 saturated heterocycles. The number of anilines is 1. The second kappa shape index (κ2) is 9.99. The number of nitrogens with zero attached hydrogens (tertiary/aromatic N) is 3. The maximum atomic E-state index is 13.4. The summed E-state index contributed by atoms with van der Waals surface area (Å²) >= 11 is 0. The molecule has 0 atom stereocenters. The fourth-order valence-electron chi connectivity index (χ4n) is 3.67. The van der Waals surface area contributed by atoms with E-state index in [0.717, 1.165) is 11.1 Å². The molecular weight excluding hydrogens is 416 g/mol. The molecule has 0 aliphatic carbocycles. The van der Waals surface area contributed by atoms with Crippen LogP contribution >= 0.6 is 0 Å². The number of aryl methyl sites for hydroxylation is 1. The molecular formula is C26H26N4O3. The van der Waals surface area contributed by atoms with E-state index in [1.54, 1.807) is 28.6 Å². The highest BCUT2D eigenvalue weighted by molar-refractivity contribution is 5.91. The fourth-order valence-corrected chi connectivity index (χ4v) is 3.67. The Balaban J connectivity index is 1.67. The number of benzene rings is 3. The van der Waals surface area contributed by atoms with E-state index in [2.05, 4.69) is 10.3 Å². The largest absolute Gasteiger partial charge is 0.492 e. The smallest absolute Gasteiger partial charge is 0.322 e. The molecule has 3 aromatic carbocycles. The van der Waals surface area contributed by atoms with Crippen LogP contribution < -0.4 is 15.6 Å².